The molecule has 0 radical (unpaired) electrons. The lowest BCUT2D eigenvalue weighted by molar-refractivity contribution is -0.140. The van der Waals surface area contributed by atoms with Gasteiger partial charge >= 0.3 is 6.18 Å². The summed E-state index contributed by atoms with van der Waals surface area (Å²) in [6, 6.07) is 3.37. The van der Waals surface area contributed by atoms with Crippen LogP contribution in [0.15, 0.2) is 18.2 Å². The van der Waals surface area contributed by atoms with Gasteiger partial charge in [0, 0.05) is 32.2 Å². The van der Waals surface area contributed by atoms with E-state index in [4.69, 9.17) is 0 Å². The van der Waals surface area contributed by atoms with Crippen LogP contribution in [0.3, 0.4) is 0 Å². The Kier molecular flexibility index (Phi) is 8.46. The van der Waals surface area contributed by atoms with Gasteiger partial charge in [-0.2, -0.15) is 13.2 Å². The van der Waals surface area contributed by atoms with Crippen LogP contribution in [0.4, 0.5) is 17.6 Å². The van der Waals surface area contributed by atoms with Crippen molar-refractivity contribution in [2.75, 3.05) is 26.2 Å². The Bertz CT molecular complexity index is 502. The van der Waals surface area contributed by atoms with Crippen molar-refractivity contribution in [2.45, 2.75) is 44.8 Å². The van der Waals surface area contributed by atoms with E-state index in [2.05, 4.69) is 17.1 Å². The molecular formula is C17H25ClF4N2. The molecule has 0 amide bonds. The summed E-state index contributed by atoms with van der Waals surface area (Å²) in [5, 5.41) is 3.25. The molecule has 1 atom stereocenters. The van der Waals surface area contributed by atoms with Crippen molar-refractivity contribution in [2.24, 2.45) is 0 Å². The molecule has 1 N–H and O–H groups in total. The number of nitrogens with one attached hydrogen (secondary N) is 1. The van der Waals surface area contributed by atoms with E-state index in [-0.39, 0.29) is 18.4 Å². The van der Waals surface area contributed by atoms with Crippen molar-refractivity contribution >= 4 is 12.4 Å². The molecule has 1 saturated heterocycles. The van der Waals surface area contributed by atoms with E-state index in [1.807, 2.05) is 0 Å². The molecule has 7 heteroatoms. The Balaban J connectivity index is 0.00000288. The summed E-state index contributed by atoms with van der Waals surface area (Å²) in [4.78, 5) is 2.21. The number of nitrogens with zero attached hydrogens (tertiary/aromatic N) is 1. The summed E-state index contributed by atoms with van der Waals surface area (Å²) in [6.45, 7) is 5.36. The van der Waals surface area contributed by atoms with Crippen LogP contribution in [0, 0.1) is 5.82 Å². The maximum atomic E-state index is 13.5. The Morgan fingerprint density at radius 1 is 1.17 bits per heavy atom. The second-order valence-corrected chi connectivity index (χ2v) is 6.03. The monoisotopic (exact) mass is 368 g/mol. The summed E-state index contributed by atoms with van der Waals surface area (Å²) in [5.74, 6) is -1.20. The van der Waals surface area contributed by atoms with E-state index in [0.717, 1.165) is 64.0 Å². The average Bonchev–Trinajstić information content (AvgIpc) is 2.52. The molecule has 0 aliphatic carbocycles. The zero-order chi connectivity index (χ0) is 16.9. The molecule has 0 unspecified atom stereocenters. The van der Waals surface area contributed by atoms with Crippen LogP contribution in [0.25, 0.3) is 0 Å². The molecule has 24 heavy (non-hydrogen) atoms. The van der Waals surface area contributed by atoms with Crippen LogP contribution in [0.1, 0.15) is 49.8 Å². The number of unbranched alkanes of at least 4 members (excludes halogenated alkanes) is 2. The van der Waals surface area contributed by atoms with Gasteiger partial charge in [0.15, 0.2) is 0 Å². The number of alkyl halides is 3. The minimum absolute atomic E-state index is 0. The van der Waals surface area contributed by atoms with E-state index < -0.39 is 17.6 Å². The minimum Gasteiger partial charge on any atom is -0.314 e. The minimum atomic E-state index is -4.66. The second-order valence-electron chi connectivity index (χ2n) is 6.03. The van der Waals surface area contributed by atoms with Crippen LogP contribution in [-0.2, 0) is 6.18 Å². The first-order chi connectivity index (χ1) is 10.9. The molecule has 2 nitrogen and oxygen atoms in total. The third kappa shape index (κ3) is 5.60. The lowest BCUT2D eigenvalue weighted by Gasteiger charge is -2.35. The molecule has 0 bridgehead atoms. The SMILES string of the molecule is CCCCC[C@H](c1ccc(F)c(C(F)(F)F)c1)N1CCNCC1.Cl. The molecule has 2 rings (SSSR count). The molecular weight excluding hydrogens is 344 g/mol. The predicted octanol–water partition coefficient (Wildman–Crippen LogP) is 4.79. The van der Waals surface area contributed by atoms with Crippen molar-refractivity contribution in [3.63, 3.8) is 0 Å². The topological polar surface area (TPSA) is 15.3 Å². The third-order valence-corrected chi connectivity index (χ3v) is 4.35. The van der Waals surface area contributed by atoms with Gasteiger partial charge in [-0.1, -0.05) is 32.3 Å². The quantitative estimate of drug-likeness (QED) is 0.573. The number of halogens is 5. The van der Waals surface area contributed by atoms with Crippen molar-refractivity contribution in [1.29, 1.82) is 0 Å². The summed E-state index contributed by atoms with van der Waals surface area (Å²) in [5.41, 5.74) is -0.595. The highest BCUT2D eigenvalue weighted by Crippen LogP contribution is 2.35. The van der Waals surface area contributed by atoms with Crippen LogP contribution >= 0.6 is 12.4 Å². The Morgan fingerprint density at radius 3 is 2.42 bits per heavy atom. The van der Waals surface area contributed by atoms with Gasteiger partial charge in [0.2, 0.25) is 0 Å². The molecule has 1 aromatic carbocycles. The van der Waals surface area contributed by atoms with Gasteiger partial charge in [-0.25, -0.2) is 4.39 Å². The fraction of sp³-hybridized carbons (Fsp3) is 0.647. The van der Waals surface area contributed by atoms with Gasteiger partial charge in [-0.3, -0.25) is 4.90 Å². The zero-order valence-electron chi connectivity index (χ0n) is 13.8. The van der Waals surface area contributed by atoms with Crippen molar-refractivity contribution in [1.82, 2.24) is 10.2 Å². The number of piperazine rings is 1. The molecule has 0 aromatic heterocycles. The maximum absolute atomic E-state index is 13.5. The molecule has 0 spiro atoms. The molecule has 138 valence electrons. The van der Waals surface area contributed by atoms with Gasteiger partial charge in [-0.15, -0.1) is 12.4 Å². The first kappa shape index (κ1) is 21.2. The first-order valence-corrected chi connectivity index (χ1v) is 8.25. The molecule has 0 saturated carbocycles. The smallest absolute Gasteiger partial charge is 0.314 e. The number of hydrogen-bond donors (Lipinski definition) is 1. The number of rotatable bonds is 6. The van der Waals surface area contributed by atoms with E-state index in [1.165, 1.54) is 6.07 Å². The van der Waals surface area contributed by atoms with Gasteiger partial charge < -0.3 is 5.32 Å². The van der Waals surface area contributed by atoms with Crippen LogP contribution in [-0.4, -0.2) is 31.1 Å². The highest BCUT2D eigenvalue weighted by molar-refractivity contribution is 5.85. The lowest BCUT2D eigenvalue weighted by atomic mass is 9.96. The standard InChI is InChI=1S/C17H24F4N2.ClH/c1-2-3-4-5-16(23-10-8-22-9-11-23)13-6-7-15(18)14(12-13)17(19,20)21;/h6-7,12,16,22H,2-5,8-11H2,1H3;1H/t16-;/m1./s1. The van der Waals surface area contributed by atoms with Crippen molar-refractivity contribution in [3.05, 3.63) is 35.1 Å². The van der Waals surface area contributed by atoms with Crippen LogP contribution < -0.4 is 5.32 Å². The number of hydrogen-bond acceptors (Lipinski definition) is 2. The van der Waals surface area contributed by atoms with E-state index in [9.17, 15) is 17.6 Å². The maximum Gasteiger partial charge on any atom is 0.419 e. The third-order valence-electron chi connectivity index (χ3n) is 4.35. The molecule has 1 fully saturated rings. The summed E-state index contributed by atoms with van der Waals surface area (Å²) >= 11 is 0. The zero-order valence-corrected chi connectivity index (χ0v) is 14.7. The first-order valence-electron chi connectivity index (χ1n) is 8.25. The van der Waals surface area contributed by atoms with E-state index in [0.29, 0.717) is 5.56 Å². The van der Waals surface area contributed by atoms with E-state index >= 15 is 0 Å². The Labute approximate surface area is 147 Å². The summed E-state index contributed by atoms with van der Waals surface area (Å²) < 4.78 is 52.5. The Morgan fingerprint density at radius 2 is 1.83 bits per heavy atom. The van der Waals surface area contributed by atoms with Gasteiger partial charge in [0.1, 0.15) is 5.82 Å². The molecule has 1 aliphatic heterocycles. The van der Waals surface area contributed by atoms with Crippen LogP contribution in [0.2, 0.25) is 0 Å². The lowest BCUT2D eigenvalue weighted by Crippen LogP contribution is -2.45. The number of benzene rings is 1. The molecule has 1 heterocycles. The summed E-state index contributed by atoms with van der Waals surface area (Å²) in [6.07, 6.45) is -0.778. The normalized spacial score (nSPS) is 17.4. The van der Waals surface area contributed by atoms with Crippen LogP contribution in [0.5, 0.6) is 0 Å². The van der Waals surface area contributed by atoms with Gasteiger partial charge in [0.05, 0.1) is 5.56 Å². The van der Waals surface area contributed by atoms with Crippen molar-refractivity contribution in [3.8, 4) is 0 Å². The molecule has 1 aromatic rings. The fourth-order valence-corrected chi connectivity index (χ4v) is 3.11. The highest BCUT2D eigenvalue weighted by Gasteiger charge is 2.35. The second kappa shape index (κ2) is 9.59. The highest BCUT2D eigenvalue weighted by atomic mass is 35.5. The molecule has 1 aliphatic rings. The predicted molar refractivity (Wildman–Crippen MR) is 90.0 cm³/mol. The van der Waals surface area contributed by atoms with Gasteiger partial charge in [0.25, 0.3) is 0 Å². The Hall–Kier alpha value is -0.850. The summed E-state index contributed by atoms with van der Waals surface area (Å²) in [7, 11) is 0. The van der Waals surface area contributed by atoms with E-state index in [1.54, 1.807) is 0 Å². The average molecular weight is 369 g/mol. The fourth-order valence-electron chi connectivity index (χ4n) is 3.11. The largest absolute Gasteiger partial charge is 0.419 e. The van der Waals surface area contributed by atoms with Crippen molar-refractivity contribution < 1.29 is 17.6 Å². The van der Waals surface area contributed by atoms with Gasteiger partial charge in [-0.05, 0) is 24.1 Å².